The summed E-state index contributed by atoms with van der Waals surface area (Å²) < 4.78 is 32.7. The Labute approximate surface area is 174 Å². The van der Waals surface area contributed by atoms with E-state index in [4.69, 9.17) is 16.3 Å². The van der Waals surface area contributed by atoms with Gasteiger partial charge < -0.3 is 9.64 Å². The molecule has 6 nitrogen and oxygen atoms in total. The molecule has 0 radical (unpaired) electrons. The Morgan fingerprint density at radius 3 is 2.46 bits per heavy atom. The second kappa shape index (κ2) is 9.19. The standard InChI is InChI=1S/C19H21ClN2O4S2/c1-2-9-21(14-16-5-8-18(20)27-16)19(23)15-3-6-17(7-4-15)28(24,25)22-10-12-26-13-11-22/h2-8H,1,9-14H2. The molecule has 1 fully saturated rings. The largest absolute Gasteiger partial charge is 0.379 e. The number of carbonyl (C=O) groups is 1. The highest BCUT2D eigenvalue weighted by Crippen LogP contribution is 2.24. The molecule has 1 aromatic heterocycles. The minimum Gasteiger partial charge on any atom is -0.379 e. The molecule has 2 aromatic rings. The van der Waals surface area contributed by atoms with Crippen LogP contribution in [-0.4, -0.2) is 56.4 Å². The molecule has 0 saturated carbocycles. The van der Waals surface area contributed by atoms with Crippen molar-refractivity contribution in [3.63, 3.8) is 0 Å². The monoisotopic (exact) mass is 440 g/mol. The van der Waals surface area contributed by atoms with Crippen molar-refractivity contribution in [1.29, 1.82) is 0 Å². The average Bonchev–Trinajstić information content (AvgIpc) is 3.12. The first kappa shape index (κ1) is 21.0. The van der Waals surface area contributed by atoms with E-state index in [1.54, 1.807) is 29.2 Å². The molecule has 0 aliphatic carbocycles. The fourth-order valence-corrected chi connectivity index (χ4v) is 5.40. The molecule has 1 aliphatic rings. The van der Waals surface area contributed by atoms with Crippen molar-refractivity contribution in [2.24, 2.45) is 0 Å². The van der Waals surface area contributed by atoms with Gasteiger partial charge in [-0.05, 0) is 36.4 Å². The number of rotatable bonds is 7. The van der Waals surface area contributed by atoms with Crippen LogP contribution in [0.5, 0.6) is 0 Å². The lowest BCUT2D eigenvalue weighted by atomic mass is 10.2. The molecule has 1 saturated heterocycles. The summed E-state index contributed by atoms with van der Waals surface area (Å²) in [6.07, 6.45) is 1.66. The highest BCUT2D eigenvalue weighted by atomic mass is 35.5. The molecule has 0 N–H and O–H groups in total. The number of hydrogen-bond acceptors (Lipinski definition) is 5. The molecule has 150 valence electrons. The Morgan fingerprint density at radius 1 is 1.21 bits per heavy atom. The van der Waals surface area contributed by atoms with E-state index in [1.807, 2.05) is 6.07 Å². The van der Waals surface area contributed by atoms with Gasteiger partial charge in [-0.2, -0.15) is 4.31 Å². The highest BCUT2D eigenvalue weighted by molar-refractivity contribution is 7.89. The molecule has 0 bridgehead atoms. The number of morpholine rings is 1. The van der Waals surface area contributed by atoms with Gasteiger partial charge in [-0.25, -0.2) is 8.42 Å². The van der Waals surface area contributed by atoms with Gasteiger partial charge in [-0.15, -0.1) is 17.9 Å². The number of nitrogens with zero attached hydrogens (tertiary/aromatic N) is 2. The molecule has 1 amide bonds. The van der Waals surface area contributed by atoms with Crippen molar-refractivity contribution in [3.05, 3.63) is 63.8 Å². The zero-order valence-electron chi connectivity index (χ0n) is 15.2. The number of hydrogen-bond donors (Lipinski definition) is 0. The molecule has 2 heterocycles. The molecule has 0 atom stereocenters. The molecule has 0 spiro atoms. The van der Waals surface area contributed by atoms with Crippen LogP contribution in [0.1, 0.15) is 15.2 Å². The van der Waals surface area contributed by atoms with Gasteiger partial charge in [0.25, 0.3) is 5.91 Å². The predicted molar refractivity (Wildman–Crippen MR) is 110 cm³/mol. The Morgan fingerprint density at radius 2 is 1.89 bits per heavy atom. The van der Waals surface area contributed by atoms with Crippen molar-refractivity contribution in [3.8, 4) is 0 Å². The lowest BCUT2D eigenvalue weighted by Crippen LogP contribution is -2.40. The first-order valence-electron chi connectivity index (χ1n) is 8.74. The quantitative estimate of drug-likeness (QED) is 0.620. The summed E-state index contributed by atoms with van der Waals surface area (Å²) in [5, 5.41) is 0. The van der Waals surface area contributed by atoms with E-state index < -0.39 is 10.0 Å². The van der Waals surface area contributed by atoms with Crippen LogP contribution in [-0.2, 0) is 21.3 Å². The summed E-state index contributed by atoms with van der Waals surface area (Å²) in [6, 6.07) is 9.73. The Kier molecular flexibility index (Phi) is 6.90. The van der Waals surface area contributed by atoms with E-state index in [0.717, 1.165) is 4.88 Å². The first-order valence-corrected chi connectivity index (χ1v) is 11.4. The minimum absolute atomic E-state index is 0.172. The smallest absolute Gasteiger partial charge is 0.254 e. The average molecular weight is 441 g/mol. The number of carbonyl (C=O) groups excluding carboxylic acids is 1. The molecule has 1 aliphatic heterocycles. The van der Waals surface area contributed by atoms with Crippen LogP contribution in [0, 0.1) is 0 Å². The van der Waals surface area contributed by atoms with E-state index in [9.17, 15) is 13.2 Å². The second-order valence-electron chi connectivity index (χ2n) is 6.22. The molecule has 0 unspecified atom stereocenters. The van der Waals surface area contributed by atoms with Crippen LogP contribution >= 0.6 is 22.9 Å². The predicted octanol–water partition coefficient (Wildman–Crippen LogP) is 3.25. The van der Waals surface area contributed by atoms with Crippen LogP contribution in [0.4, 0.5) is 0 Å². The van der Waals surface area contributed by atoms with Crippen molar-refractivity contribution in [2.45, 2.75) is 11.4 Å². The van der Waals surface area contributed by atoms with Gasteiger partial charge in [0.15, 0.2) is 0 Å². The van der Waals surface area contributed by atoms with Crippen LogP contribution < -0.4 is 0 Å². The van der Waals surface area contributed by atoms with E-state index in [1.165, 1.54) is 27.8 Å². The number of halogens is 1. The lowest BCUT2D eigenvalue weighted by Gasteiger charge is -2.26. The van der Waals surface area contributed by atoms with Crippen molar-refractivity contribution >= 4 is 38.9 Å². The fraction of sp³-hybridized carbons (Fsp3) is 0.316. The molecule has 3 rings (SSSR count). The van der Waals surface area contributed by atoms with Gasteiger partial charge in [0.05, 0.1) is 29.0 Å². The SMILES string of the molecule is C=CCN(Cc1ccc(Cl)s1)C(=O)c1ccc(S(=O)(=O)N2CCOCC2)cc1. The molecule has 28 heavy (non-hydrogen) atoms. The van der Waals surface area contributed by atoms with Crippen LogP contribution in [0.2, 0.25) is 4.34 Å². The molecular formula is C19H21ClN2O4S2. The third-order valence-electron chi connectivity index (χ3n) is 4.32. The summed E-state index contributed by atoms with van der Waals surface area (Å²) in [5.74, 6) is -0.195. The maximum atomic E-state index is 12.9. The third-order valence-corrected chi connectivity index (χ3v) is 7.45. The lowest BCUT2D eigenvalue weighted by molar-refractivity contribution is 0.0730. The Hall–Kier alpha value is -1.71. The Balaban J connectivity index is 1.76. The Bertz CT molecular complexity index is 935. The zero-order chi connectivity index (χ0) is 20.1. The summed E-state index contributed by atoms with van der Waals surface area (Å²) >= 11 is 7.39. The highest BCUT2D eigenvalue weighted by Gasteiger charge is 2.26. The third kappa shape index (κ3) is 4.82. The molecule has 9 heteroatoms. The number of sulfonamides is 1. The zero-order valence-corrected chi connectivity index (χ0v) is 17.6. The van der Waals surface area contributed by atoms with Crippen molar-refractivity contribution in [2.75, 3.05) is 32.8 Å². The van der Waals surface area contributed by atoms with Crippen LogP contribution in [0.25, 0.3) is 0 Å². The molecular weight excluding hydrogens is 420 g/mol. The van der Waals surface area contributed by atoms with E-state index in [-0.39, 0.29) is 10.8 Å². The van der Waals surface area contributed by atoms with Gasteiger partial charge >= 0.3 is 0 Å². The maximum absolute atomic E-state index is 12.9. The number of benzene rings is 1. The summed E-state index contributed by atoms with van der Waals surface area (Å²) in [5.41, 5.74) is 0.422. The fourth-order valence-electron chi connectivity index (χ4n) is 2.89. The summed E-state index contributed by atoms with van der Waals surface area (Å²) in [7, 11) is -3.58. The van der Waals surface area contributed by atoms with Gasteiger partial charge in [0, 0.05) is 30.1 Å². The number of thiophene rings is 1. The van der Waals surface area contributed by atoms with Gasteiger partial charge in [-0.1, -0.05) is 17.7 Å². The summed E-state index contributed by atoms with van der Waals surface area (Å²) in [4.78, 5) is 15.7. The van der Waals surface area contributed by atoms with Gasteiger partial charge in [-0.3, -0.25) is 4.79 Å². The van der Waals surface area contributed by atoms with Gasteiger partial charge in [0.1, 0.15) is 0 Å². The molecule has 1 aromatic carbocycles. The maximum Gasteiger partial charge on any atom is 0.254 e. The van der Waals surface area contributed by atoms with Crippen molar-refractivity contribution in [1.82, 2.24) is 9.21 Å². The van der Waals surface area contributed by atoms with Crippen LogP contribution in [0.3, 0.4) is 0 Å². The topological polar surface area (TPSA) is 66.9 Å². The number of ether oxygens (including phenoxy) is 1. The normalized spacial score (nSPS) is 15.3. The van der Waals surface area contributed by atoms with Crippen LogP contribution in [0.15, 0.2) is 53.9 Å². The van der Waals surface area contributed by atoms with Crippen molar-refractivity contribution < 1.29 is 17.9 Å². The first-order chi connectivity index (χ1) is 13.4. The second-order valence-corrected chi connectivity index (χ2v) is 9.96. The number of amides is 1. The van der Waals surface area contributed by atoms with E-state index in [0.29, 0.717) is 49.3 Å². The van der Waals surface area contributed by atoms with Gasteiger partial charge in [0.2, 0.25) is 10.0 Å². The van der Waals surface area contributed by atoms with E-state index in [2.05, 4.69) is 6.58 Å². The minimum atomic E-state index is -3.58. The van der Waals surface area contributed by atoms with E-state index >= 15 is 0 Å². The summed E-state index contributed by atoms with van der Waals surface area (Å²) in [6.45, 7) is 5.94.